The van der Waals surface area contributed by atoms with Gasteiger partial charge in [-0.05, 0) is 42.3 Å². The van der Waals surface area contributed by atoms with Crippen LogP contribution in [0.4, 0.5) is 11.4 Å². The summed E-state index contributed by atoms with van der Waals surface area (Å²) in [7, 11) is 0. The lowest BCUT2D eigenvalue weighted by molar-refractivity contribution is -0.119. The standard InChI is InChI=1S/C23H23ClN4O/c24-18-5-6-19-20(15-18)25-9-7-22(19)27-13-11-26(12-14-27)16-23(29)28-10-8-17-3-1-2-4-21(17)28/h1-7,9,15H,8,10-14,16H2. The summed E-state index contributed by atoms with van der Waals surface area (Å²) in [5, 5.41) is 1.82. The number of para-hydroxylation sites is 1. The fourth-order valence-corrected chi connectivity index (χ4v) is 4.57. The van der Waals surface area contributed by atoms with Crippen LogP contribution in [0, 0.1) is 0 Å². The van der Waals surface area contributed by atoms with Gasteiger partial charge >= 0.3 is 0 Å². The first-order valence-electron chi connectivity index (χ1n) is 10.1. The average molecular weight is 407 g/mol. The van der Waals surface area contributed by atoms with Crippen LogP contribution in [0.1, 0.15) is 5.56 Å². The topological polar surface area (TPSA) is 39.7 Å². The Morgan fingerprint density at radius 3 is 2.66 bits per heavy atom. The molecule has 5 nitrogen and oxygen atoms in total. The Kier molecular flexibility index (Phi) is 4.86. The van der Waals surface area contributed by atoms with E-state index < -0.39 is 0 Å². The van der Waals surface area contributed by atoms with Gasteiger partial charge in [0, 0.05) is 60.7 Å². The maximum Gasteiger partial charge on any atom is 0.241 e. The molecule has 0 unspecified atom stereocenters. The molecule has 2 aliphatic heterocycles. The van der Waals surface area contributed by atoms with Crippen molar-refractivity contribution < 1.29 is 4.79 Å². The molecule has 1 aromatic heterocycles. The first kappa shape index (κ1) is 18.4. The summed E-state index contributed by atoms with van der Waals surface area (Å²) in [6.45, 7) is 4.81. The second-order valence-electron chi connectivity index (χ2n) is 7.68. The van der Waals surface area contributed by atoms with Crippen molar-refractivity contribution >= 4 is 39.8 Å². The zero-order chi connectivity index (χ0) is 19.8. The Labute approximate surface area is 175 Å². The van der Waals surface area contributed by atoms with Crippen molar-refractivity contribution in [2.45, 2.75) is 6.42 Å². The van der Waals surface area contributed by atoms with Gasteiger partial charge in [-0.25, -0.2) is 0 Å². The maximum absolute atomic E-state index is 12.9. The molecule has 0 saturated carbocycles. The Balaban J connectivity index is 1.24. The molecule has 1 saturated heterocycles. The monoisotopic (exact) mass is 406 g/mol. The zero-order valence-electron chi connectivity index (χ0n) is 16.2. The smallest absolute Gasteiger partial charge is 0.241 e. The highest BCUT2D eigenvalue weighted by Gasteiger charge is 2.27. The first-order chi connectivity index (χ1) is 14.2. The van der Waals surface area contributed by atoms with E-state index in [2.05, 4.69) is 33.0 Å². The van der Waals surface area contributed by atoms with Crippen LogP contribution in [-0.4, -0.2) is 55.1 Å². The van der Waals surface area contributed by atoms with E-state index >= 15 is 0 Å². The van der Waals surface area contributed by atoms with Crippen molar-refractivity contribution in [1.29, 1.82) is 0 Å². The van der Waals surface area contributed by atoms with Crippen LogP contribution in [0.5, 0.6) is 0 Å². The highest BCUT2D eigenvalue weighted by molar-refractivity contribution is 6.31. The number of nitrogens with zero attached hydrogens (tertiary/aromatic N) is 4. The molecule has 0 aliphatic carbocycles. The highest BCUT2D eigenvalue weighted by atomic mass is 35.5. The summed E-state index contributed by atoms with van der Waals surface area (Å²) in [5.41, 5.74) is 4.46. The number of amides is 1. The number of piperazine rings is 1. The second-order valence-corrected chi connectivity index (χ2v) is 8.12. The van der Waals surface area contributed by atoms with Gasteiger partial charge in [-0.2, -0.15) is 0 Å². The van der Waals surface area contributed by atoms with E-state index in [0.717, 1.165) is 55.7 Å². The molecular weight excluding hydrogens is 384 g/mol. The fourth-order valence-electron chi connectivity index (χ4n) is 4.40. The van der Waals surface area contributed by atoms with E-state index in [9.17, 15) is 4.79 Å². The van der Waals surface area contributed by atoms with Gasteiger partial charge in [-0.3, -0.25) is 14.7 Å². The second kappa shape index (κ2) is 7.65. The summed E-state index contributed by atoms with van der Waals surface area (Å²) < 4.78 is 0. The number of fused-ring (bicyclic) bond motifs is 2. The van der Waals surface area contributed by atoms with Gasteiger partial charge in [0.25, 0.3) is 0 Å². The van der Waals surface area contributed by atoms with Gasteiger partial charge in [0.2, 0.25) is 5.91 Å². The number of rotatable bonds is 3. The number of aromatic nitrogens is 1. The molecule has 0 spiro atoms. The van der Waals surface area contributed by atoms with Crippen molar-refractivity contribution in [3.8, 4) is 0 Å². The molecular formula is C23H23ClN4O. The minimum atomic E-state index is 0.201. The third-order valence-electron chi connectivity index (χ3n) is 5.94. The number of hydrogen-bond acceptors (Lipinski definition) is 4. The van der Waals surface area contributed by atoms with Gasteiger partial charge in [0.15, 0.2) is 0 Å². The lowest BCUT2D eigenvalue weighted by atomic mass is 10.1. The normalized spacial score (nSPS) is 17.0. The zero-order valence-corrected chi connectivity index (χ0v) is 17.0. The molecule has 3 heterocycles. The molecule has 3 aromatic rings. The van der Waals surface area contributed by atoms with Crippen LogP contribution in [0.25, 0.3) is 10.9 Å². The van der Waals surface area contributed by atoms with E-state index in [0.29, 0.717) is 11.6 Å². The van der Waals surface area contributed by atoms with E-state index in [1.165, 1.54) is 11.3 Å². The number of benzene rings is 2. The molecule has 2 aromatic carbocycles. The largest absolute Gasteiger partial charge is 0.368 e. The van der Waals surface area contributed by atoms with Crippen molar-refractivity contribution in [3.63, 3.8) is 0 Å². The van der Waals surface area contributed by atoms with Gasteiger partial charge in [-0.15, -0.1) is 0 Å². The van der Waals surface area contributed by atoms with Crippen molar-refractivity contribution in [1.82, 2.24) is 9.88 Å². The molecule has 0 atom stereocenters. The lowest BCUT2D eigenvalue weighted by Gasteiger charge is -2.36. The van der Waals surface area contributed by atoms with Gasteiger partial charge < -0.3 is 9.80 Å². The molecule has 0 radical (unpaired) electrons. The van der Waals surface area contributed by atoms with Gasteiger partial charge in [0.1, 0.15) is 0 Å². The third-order valence-corrected chi connectivity index (χ3v) is 6.18. The Morgan fingerprint density at radius 1 is 0.966 bits per heavy atom. The minimum Gasteiger partial charge on any atom is -0.368 e. The van der Waals surface area contributed by atoms with Crippen LogP contribution < -0.4 is 9.80 Å². The first-order valence-corrected chi connectivity index (χ1v) is 10.5. The summed E-state index contributed by atoms with van der Waals surface area (Å²) in [5.74, 6) is 0.201. The summed E-state index contributed by atoms with van der Waals surface area (Å²) in [4.78, 5) is 23.9. The van der Waals surface area contributed by atoms with Gasteiger partial charge in [-0.1, -0.05) is 29.8 Å². The average Bonchev–Trinajstić information content (AvgIpc) is 3.18. The molecule has 2 aliphatic rings. The quantitative estimate of drug-likeness (QED) is 0.666. The Bertz CT molecular complexity index is 1060. The Hall–Kier alpha value is -2.63. The molecule has 5 rings (SSSR count). The van der Waals surface area contributed by atoms with E-state index in [4.69, 9.17) is 11.6 Å². The van der Waals surface area contributed by atoms with Crippen molar-refractivity contribution in [3.05, 3.63) is 65.3 Å². The molecule has 0 N–H and O–H groups in total. The number of halogens is 1. The number of pyridine rings is 1. The summed E-state index contributed by atoms with van der Waals surface area (Å²) in [6.07, 6.45) is 2.80. The SMILES string of the molecule is O=C(CN1CCN(c2ccnc3cc(Cl)ccc23)CC1)N1CCc2ccccc21. The van der Waals surface area contributed by atoms with E-state index in [1.54, 1.807) is 0 Å². The summed E-state index contributed by atoms with van der Waals surface area (Å²) in [6, 6.07) is 16.2. The molecule has 0 bridgehead atoms. The predicted molar refractivity (Wildman–Crippen MR) is 118 cm³/mol. The number of hydrogen-bond donors (Lipinski definition) is 0. The molecule has 1 amide bonds. The van der Waals surface area contributed by atoms with Crippen molar-refractivity contribution in [2.75, 3.05) is 49.1 Å². The van der Waals surface area contributed by atoms with E-state index in [-0.39, 0.29) is 5.91 Å². The van der Waals surface area contributed by atoms with Crippen LogP contribution >= 0.6 is 11.6 Å². The third kappa shape index (κ3) is 3.56. The van der Waals surface area contributed by atoms with Crippen LogP contribution in [0.3, 0.4) is 0 Å². The Morgan fingerprint density at radius 2 is 1.79 bits per heavy atom. The fraction of sp³-hybridized carbons (Fsp3) is 0.304. The molecule has 6 heteroatoms. The van der Waals surface area contributed by atoms with Gasteiger partial charge in [0.05, 0.1) is 12.1 Å². The van der Waals surface area contributed by atoms with Crippen LogP contribution in [0.2, 0.25) is 5.02 Å². The maximum atomic E-state index is 12.9. The number of carbonyl (C=O) groups excluding carboxylic acids is 1. The van der Waals surface area contributed by atoms with E-state index in [1.807, 2.05) is 41.4 Å². The molecule has 1 fully saturated rings. The molecule has 148 valence electrons. The molecule has 29 heavy (non-hydrogen) atoms. The van der Waals surface area contributed by atoms with Crippen LogP contribution in [0.15, 0.2) is 54.7 Å². The lowest BCUT2D eigenvalue weighted by Crippen LogP contribution is -2.50. The number of carbonyl (C=O) groups is 1. The number of anilines is 2. The van der Waals surface area contributed by atoms with Crippen molar-refractivity contribution in [2.24, 2.45) is 0 Å². The highest BCUT2D eigenvalue weighted by Crippen LogP contribution is 2.29. The summed E-state index contributed by atoms with van der Waals surface area (Å²) >= 11 is 6.11. The minimum absolute atomic E-state index is 0.201. The van der Waals surface area contributed by atoms with Crippen LogP contribution in [-0.2, 0) is 11.2 Å². The predicted octanol–water partition coefficient (Wildman–Crippen LogP) is 3.60.